The van der Waals surface area contributed by atoms with E-state index in [1.165, 1.54) is 10.9 Å². The summed E-state index contributed by atoms with van der Waals surface area (Å²) in [5, 5.41) is 0. The van der Waals surface area contributed by atoms with Crippen molar-refractivity contribution in [3.63, 3.8) is 0 Å². The van der Waals surface area contributed by atoms with Gasteiger partial charge >= 0.3 is 6.18 Å². The van der Waals surface area contributed by atoms with E-state index in [2.05, 4.69) is 4.98 Å². The fourth-order valence-corrected chi connectivity index (χ4v) is 3.26. The topological polar surface area (TPSA) is 93.1 Å². The number of fused-ring (bicyclic) bond motifs is 1. The molecule has 1 amide bonds. The molecule has 0 aliphatic carbocycles. The SMILES string of the molecule is O=C(Cn1cnc2ccccc21)NNS(=O)(=O)c1cccc(C(F)(F)F)c1. The van der Waals surface area contributed by atoms with Crippen molar-refractivity contribution in [2.45, 2.75) is 17.6 Å². The molecular weight excluding hydrogens is 385 g/mol. The van der Waals surface area contributed by atoms with E-state index in [4.69, 9.17) is 0 Å². The molecule has 142 valence electrons. The Labute approximate surface area is 151 Å². The number of carbonyl (C=O) groups excluding carboxylic acids is 1. The molecule has 2 N–H and O–H groups in total. The molecule has 3 rings (SSSR count). The molecule has 1 heterocycles. The number of hydrazine groups is 1. The van der Waals surface area contributed by atoms with Crippen LogP contribution in [-0.2, 0) is 27.5 Å². The van der Waals surface area contributed by atoms with Crippen molar-refractivity contribution in [3.05, 3.63) is 60.4 Å². The lowest BCUT2D eigenvalue weighted by atomic mass is 10.2. The maximum atomic E-state index is 12.7. The molecule has 2 aromatic carbocycles. The van der Waals surface area contributed by atoms with Gasteiger partial charge in [0.15, 0.2) is 0 Å². The Morgan fingerprint density at radius 2 is 1.85 bits per heavy atom. The first-order valence-corrected chi connectivity index (χ1v) is 9.03. The number of hydrogen-bond acceptors (Lipinski definition) is 4. The summed E-state index contributed by atoms with van der Waals surface area (Å²) in [6, 6.07) is 10.2. The van der Waals surface area contributed by atoms with E-state index >= 15 is 0 Å². The highest BCUT2D eigenvalue weighted by molar-refractivity contribution is 7.89. The number of para-hydroxylation sites is 2. The zero-order valence-electron chi connectivity index (χ0n) is 13.6. The van der Waals surface area contributed by atoms with Gasteiger partial charge in [-0.2, -0.15) is 13.2 Å². The Balaban J connectivity index is 1.69. The Bertz CT molecular complexity index is 1090. The first-order chi connectivity index (χ1) is 12.7. The molecule has 27 heavy (non-hydrogen) atoms. The molecule has 0 spiro atoms. The van der Waals surface area contributed by atoms with Crippen molar-refractivity contribution in [1.82, 2.24) is 19.8 Å². The molecule has 0 aliphatic rings. The Hall–Kier alpha value is -2.92. The number of alkyl halides is 3. The van der Waals surface area contributed by atoms with E-state index in [0.29, 0.717) is 17.1 Å². The van der Waals surface area contributed by atoms with Crippen LogP contribution in [0, 0.1) is 0 Å². The van der Waals surface area contributed by atoms with Gasteiger partial charge < -0.3 is 4.57 Å². The van der Waals surface area contributed by atoms with Crippen molar-refractivity contribution < 1.29 is 26.4 Å². The third kappa shape index (κ3) is 4.26. The minimum Gasteiger partial charge on any atom is -0.321 e. The molecule has 11 heteroatoms. The van der Waals surface area contributed by atoms with Gasteiger partial charge in [-0.3, -0.25) is 10.2 Å². The van der Waals surface area contributed by atoms with Crippen LogP contribution in [0.5, 0.6) is 0 Å². The molecule has 0 atom stereocenters. The lowest BCUT2D eigenvalue weighted by molar-refractivity contribution is -0.137. The lowest BCUT2D eigenvalue weighted by Gasteiger charge is -2.11. The molecule has 7 nitrogen and oxygen atoms in total. The number of sulfonamides is 1. The van der Waals surface area contributed by atoms with Gasteiger partial charge in [0, 0.05) is 0 Å². The van der Waals surface area contributed by atoms with Gasteiger partial charge in [0.1, 0.15) is 6.54 Å². The zero-order valence-corrected chi connectivity index (χ0v) is 14.4. The highest BCUT2D eigenvalue weighted by Gasteiger charge is 2.31. The van der Waals surface area contributed by atoms with E-state index in [9.17, 15) is 26.4 Å². The fraction of sp³-hybridized carbons (Fsp3) is 0.125. The second-order valence-electron chi connectivity index (χ2n) is 5.54. The predicted octanol–water partition coefficient (Wildman–Crippen LogP) is 2.06. The zero-order chi connectivity index (χ0) is 19.7. The molecule has 0 saturated heterocycles. The monoisotopic (exact) mass is 398 g/mol. The fourth-order valence-electron chi connectivity index (χ4n) is 2.35. The van der Waals surface area contributed by atoms with Gasteiger partial charge in [0.05, 0.1) is 27.8 Å². The number of imidazole rings is 1. The van der Waals surface area contributed by atoms with Crippen LogP contribution in [0.1, 0.15) is 5.56 Å². The average Bonchev–Trinajstić information content (AvgIpc) is 3.03. The van der Waals surface area contributed by atoms with Crippen LogP contribution in [0.3, 0.4) is 0 Å². The molecule has 0 fully saturated rings. The van der Waals surface area contributed by atoms with Gasteiger partial charge in [0.2, 0.25) is 0 Å². The van der Waals surface area contributed by atoms with Gasteiger partial charge in [0.25, 0.3) is 15.9 Å². The summed E-state index contributed by atoms with van der Waals surface area (Å²) >= 11 is 0. The van der Waals surface area contributed by atoms with Crippen LogP contribution in [0.2, 0.25) is 0 Å². The number of nitrogens with zero attached hydrogens (tertiary/aromatic N) is 2. The second-order valence-corrected chi connectivity index (χ2v) is 7.22. The molecule has 0 bridgehead atoms. The van der Waals surface area contributed by atoms with Gasteiger partial charge in [-0.1, -0.05) is 18.2 Å². The van der Waals surface area contributed by atoms with Crippen molar-refractivity contribution in [2.75, 3.05) is 0 Å². The normalized spacial score (nSPS) is 12.3. The Morgan fingerprint density at radius 3 is 2.59 bits per heavy atom. The first-order valence-electron chi connectivity index (χ1n) is 7.54. The number of nitrogens with one attached hydrogen (secondary N) is 2. The summed E-state index contributed by atoms with van der Waals surface area (Å²) in [5.74, 6) is -0.714. The Kier molecular flexibility index (Phi) is 4.89. The van der Waals surface area contributed by atoms with Crippen LogP contribution in [0.25, 0.3) is 11.0 Å². The van der Waals surface area contributed by atoms with Crippen LogP contribution in [-0.4, -0.2) is 23.9 Å². The maximum absolute atomic E-state index is 12.7. The summed E-state index contributed by atoms with van der Waals surface area (Å²) in [7, 11) is -4.37. The van der Waals surface area contributed by atoms with E-state index in [0.717, 1.165) is 18.2 Å². The highest BCUT2D eigenvalue weighted by atomic mass is 32.2. The van der Waals surface area contributed by atoms with E-state index in [-0.39, 0.29) is 6.54 Å². The van der Waals surface area contributed by atoms with Crippen molar-refractivity contribution in [2.24, 2.45) is 0 Å². The maximum Gasteiger partial charge on any atom is 0.416 e. The molecule has 0 saturated carbocycles. The minimum atomic E-state index is -4.68. The van der Waals surface area contributed by atoms with E-state index in [1.807, 2.05) is 5.43 Å². The summed E-state index contributed by atoms with van der Waals surface area (Å²) in [4.78, 5) is 17.3. The summed E-state index contributed by atoms with van der Waals surface area (Å²) in [5.41, 5.74) is 2.20. The second kappa shape index (κ2) is 7.00. The first kappa shape index (κ1) is 18.9. The number of benzene rings is 2. The Morgan fingerprint density at radius 1 is 1.11 bits per heavy atom. The standard InChI is InChI=1S/C16H13F3N4O3S/c17-16(18,19)11-4-3-5-12(8-11)27(25,26)22-21-15(24)9-23-10-20-13-6-1-2-7-14(13)23/h1-8,10,22H,9H2,(H,21,24). The number of halogens is 3. The lowest BCUT2D eigenvalue weighted by Crippen LogP contribution is -2.43. The van der Waals surface area contributed by atoms with Crippen LogP contribution >= 0.6 is 0 Å². The average molecular weight is 398 g/mol. The van der Waals surface area contributed by atoms with Crippen molar-refractivity contribution in [1.29, 1.82) is 0 Å². The summed E-state index contributed by atoms with van der Waals surface area (Å²) < 4.78 is 63.9. The molecule has 3 aromatic rings. The van der Waals surface area contributed by atoms with Crippen molar-refractivity contribution >= 4 is 27.0 Å². The van der Waals surface area contributed by atoms with E-state index < -0.39 is 32.6 Å². The highest BCUT2D eigenvalue weighted by Crippen LogP contribution is 2.30. The number of hydrogen-bond donors (Lipinski definition) is 2. The minimum absolute atomic E-state index is 0.231. The van der Waals surface area contributed by atoms with Gasteiger partial charge in [-0.25, -0.2) is 13.4 Å². The number of rotatable bonds is 5. The molecular formula is C16H13F3N4O3S. The van der Waals surface area contributed by atoms with Crippen LogP contribution in [0.4, 0.5) is 13.2 Å². The smallest absolute Gasteiger partial charge is 0.321 e. The van der Waals surface area contributed by atoms with Crippen molar-refractivity contribution in [3.8, 4) is 0 Å². The van der Waals surface area contributed by atoms with E-state index in [1.54, 1.807) is 29.1 Å². The predicted molar refractivity (Wildman–Crippen MR) is 89.6 cm³/mol. The number of aromatic nitrogens is 2. The summed E-state index contributed by atoms with van der Waals surface area (Å²) in [6.07, 6.45) is -3.26. The molecule has 0 unspecified atom stereocenters. The molecule has 1 aromatic heterocycles. The third-order valence-corrected chi connectivity index (χ3v) is 4.88. The number of amides is 1. The van der Waals surface area contributed by atoms with Crippen LogP contribution in [0.15, 0.2) is 59.8 Å². The van der Waals surface area contributed by atoms with Gasteiger partial charge in [-0.15, -0.1) is 4.83 Å². The quantitative estimate of drug-likeness (QED) is 0.644. The molecule has 0 radical (unpaired) electrons. The number of carbonyl (C=O) groups is 1. The largest absolute Gasteiger partial charge is 0.416 e. The third-order valence-electron chi connectivity index (χ3n) is 3.64. The summed E-state index contributed by atoms with van der Waals surface area (Å²) in [6.45, 7) is -0.231. The van der Waals surface area contributed by atoms with Crippen LogP contribution < -0.4 is 10.3 Å². The molecule has 0 aliphatic heterocycles. The van der Waals surface area contributed by atoms with Gasteiger partial charge in [-0.05, 0) is 30.3 Å².